The van der Waals surface area contributed by atoms with Crippen molar-refractivity contribution in [3.05, 3.63) is 64.7 Å². The van der Waals surface area contributed by atoms with Crippen molar-refractivity contribution in [3.8, 4) is 5.75 Å². The summed E-state index contributed by atoms with van der Waals surface area (Å²) >= 11 is 5.73. The maximum Gasteiger partial charge on any atom is 0.342 e. The van der Waals surface area contributed by atoms with Crippen molar-refractivity contribution in [2.24, 2.45) is 0 Å². The molecule has 2 N–H and O–H groups in total. The van der Waals surface area contributed by atoms with E-state index in [1.54, 1.807) is 0 Å². The first-order chi connectivity index (χ1) is 12.4. The largest absolute Gasteiger partial charge is 0.507 e. The fourth-order valence-electron chi connectivity index (χ4n) is 2.42. The number of benzene rings is 2. The molecule has 6 heteroatoms. The molecule has 0 aliphatic carbocycles. The number of ether oxygens (including phenoxy) is 1. The van der Waals surface area contributed by atoms with Gasteiger partial charge in [-0.2, -0.15) is 0 Å². The minimum absolute atomic E-state index is 0.0359. The Kier molecular flexibility index (Phi) is 7.04. The van der Waals surface area contributed by atoms with Crippen LogP contribution in [-0.4, -0.2) is 29.1 Å². The fourth-order valence-corrected chi connectivity index (χ4v) is 2.58. The van der Waals surface area contributed by atoms with Crippen molar-refractivity contribution in [1.29, 1.82) is 0 Å². The van der Waals surface area contributed by atoms with Crippen LogP contribution in [0.4, 0.5) is 0 Å². The van der Waals surface area contributed by atoms with E-state index in [9.17, 15) is 14.7 Å². The first kappa shape index (κ1) is 19.8. The minimum Gasteiger partial charge on any atom is -0.507 e. The lowest BCUT2D eigenvalue weighted by atomic mass is 10.1. The van der Waals surface area contributed by atoms with E-state index >= 15 is 0 Å². The number of aromatic hydroxyl groups is 1. The number of hydrogen-bond donors (Lipinski definition) is 2. The molecular weight excluding hydrogens is 354 g/mol. The van der Waals surface area contributed by atoms with Crippen molar-refractivity contribution in [2.45, 2.75) is 38.8 Å². The van der Waals surface area contributed by atoms with Gasteiger partial charge in [0.1, 0.15) is 11.3 Å². The van der Waals surface area contributed by atoms with Gasteiger partial charge in [0, 0.05) is 11.1 Å². The Balaban J connectivity index is 1.83. The Morgan fingerprint density at radius 1 is 1.15 bits per heavy atom. The van der Waals surface area contributed by atoms with Crippen LogP contribution in [0.2, 0.25) is 5.02 Å². The molecule has 1 amide bonds. The van der Waals surface area contributed by atoms with Crippen LogP contribution < -0.4 is 5.32 Å². The fraction of sp³-hybridized carbons (Fsp3) is 0.300. The molecule has 2 aromatic rings. The number of amides is 1. The third kappa shape index (κ3) is 5.77. The molecule has 0 aromatic heterocycles. The number of hydrogen-bond acceptors (Lipinski definition) is 4. The Morgan fingerprint density at radius 2 is 1.85 bits per heavy atom. The van der Waals surface area contributed by atoms with E-state index in [0.29, 0.717) is 5.02 Å². The number of nitrogens with one attached hydrogen (secondary N) is 1. The predicted molar refractivity (Wildman–Crippen MR) is 100 cm³/mol. The van der Waals surface area contributed by atoms with Gasteiger partial charge < -0.3 is 15.2 Å². The van der Waals surface area contributed by atoms with E-state index < -0.39 is 12.1 Å². The van der Waals surface area contributed by atoms with Crippen LogP contribution in [0.5, 0.6) is 5.75 Å². The molecule has 0 aliphatic rings. The van der Waals surface area contributed by atoms with E-state index in [1.807, 2.05) is 37.3 Å². The molecule has 0 unspecified atom stereocenters. The highest BCUT2D eigenvalue weighted by Crippen LogP contribution is 2.23. The van der Waals surface area contributed by atoms with Crippen LogP contribution in [0, 0.1) is 0 Å². The lowest BCUT2D eigenvalue weighted by Gasteiger charge is -2.18. The van der Waals surface area contributed by atoms with Crippen molar-refractivity contribution < 1.29 is 19.4 Å². The maximum absolute atomic E-state index is 12.2. The number of carbonyl (C=O) groups excluding carboxylic acids is 2. The van der Waals surface area contributed by atoms with Gasteiger partial charge in [0.05, 0.1) is 0 Å². The average molecular weight is 376 g/mol. The van der Waals surface area contributed by atoms with E-state index in [4.69, 9.17) is 16.3 Å². The van der Waals surface area contributed by atoms with Crippen molar-refractivity contribution >= 4 is 23.5 Å². The van der Waals surface area contributed by atoms with Gasteiger partial charge in [0.2, 0.25) is 0 Å². The first-order valence-corrected chi connectivity index (χ1v) is 8.78. The molecule has 0 spiro atoms. The topological polar surface area (TPSA) is 75.6 Å². The molecule has 0 heterocycles. The van der Waals surface area contributed by atoms with Crippen LogP contribution in [0.3, 0.4) is 0 Å². The molecule has 2 atom stereocenters. The molecule has 5 nitrogen and oxygen atoms in total. The molecule has 0 fully saturated rings. The predicted octanol–water partition coefficient (Wildman–Crippen LogP) is 3.73. The molecule has 2 aromatic carbocycles. The molecule has 138 valence electrons. The van der Waals surface area contributed by atoms with Crippen LogP contribution in [-0.2, 0) is 16.0 Å². The molecule has 0 radical (unpaired) electrons. The SMILES string of the molecule is C[C@@H](CCc1ccccc1)NC(=O)[C@@H](C)OC(=O)c1ccc(Cl)cc1O. The van der Waals surface area contributed by atoms with Gasteiger partial charge in [-0.25, -0.2) is 4.79 Å². The number of phenols is 1. The summed E-state index contributed by atoms with van der Waals surface area (Å²) in [7, 11) is 0. The van der Waals surface area contributed by atoms with Crippen LogP contribution >= 0.6 is 11.6 Å². The highest BCUT2D eigenvalue weighted by molar-refractivity contribution is 6.30. The highest BCUT2D eigenvalue weighted by Gasteiger charge is 2.22. The standard InChI is InChI=1S/C20H22ClNO4/c1-13(8-9-15-6-4-3-5-7-15)22-19(24)14(2)26-20(25)17-11-10-16(21)12-18(17)23/h3-7,10-14,23H,8-9H2,1-2H3,(H,22,24)/t13-,14+/m0/s1. The molecule has 26 heavy (non-hydrogen) atoms. The quantitative estimate of drug-likeness (QED) is 0.723. The second-order valence-electron chi connectivity index (χ2n) is 6.14. The molecule has 0 aliphatic heterocycles. The number of rotatable bonds is 7. The maximum atomic E-state index is 12.2. The Labute approximate surface area is 157 Å². The van der Waals surface area contributed by atoms with Gasteiger partial charge in [-0.3, -0.25) is 4.79 Å². The van der Waals surface area contributed by atoms with Crippen LogP contribution in [0.1, 0.15) is 36.2 Å². The molecule has 0 saturated heterocycles. The Bertz CT molecular complexity index is 764. The van der Waals surface area contributed by atoms with Crippen molar-refractivity contribution in [2.75, 3.05) is 0 Å². The number of phenolic OH excluding ortho intramolecular Hbond substituents is 1. The van der Waals surface area contributed by atoms with Gasteiger partial charge in [-0.05, 0) is 50.5 Å². The lowest BCUT2D eigenvalue weighted by Crippen LogP contribution is -2.41. The highest BCUT2D eigenvalue weighted by atomic mass is 35.5. The summed E-state index contributed by atoms with van der Waals surface area (Å²) in [5, 5.41) is 12.9. The summed E-state index contributed by atoms with van der Waals surface area (Å²) < 4.78 is 5.13. The summed E-state index contributed by atoms with van der Waals surface area (Å²) in [4.78, 5) is 24.3. The van der Waals surface area contributed by atoms with Crippen molar-refractivity contribution in [3.63, 3.8) is 0 Å². The average Bonchev–Trinajstić information content (AvgIpc) is 2.60. The van der Waals surface area contributed by atoms with Gasteiger partial charge >= 0.3 is 5.97 Å². The van der Waals surface area contributed by atoms with E-state index in [2.05, 4.69) is 5.32 Å². The third-order valence-corrected chi connectivity index (χ3v) is 4.17. The Morgan fingerprint density at radius 3 is 2.50 bits per heavy atom. The first-order valence-electron chi connectivity index (χ1n) is 8.40. The zero-order chi connectivity index (χ0) is 19.1. The zero-order valence-electron chi connectivity index (χ0n) is 14.7. The van der Waals surface area contributed by atoms with Crippen LogP contribution in [0.15, 0.2) is 48.5 Å². The van der Waals surface area contributed by atoms with E-state index in [1.165, 1.54) is 30.7 Å². The third-order valence-electron chi connectivity index (χ3n) is 3.93. The normalized spacial score (nSPS) is 12.9. The monoisotopic (exact) mass is 375 g/mol. The summed E-state index contributed by atoms with van der Waals surface area (Å²) in [5.41, 5.74) is 1.16. The summed E-state index contributed by atoms with van der Waals surface area (Å²) in [6, 6.07) is 14.0. The van der Waals surface area contributed by atoms with Crippen molar-refractivity contribution in [1.82, 2.24) is 5.32 Å². The van der Waals surface area contributed by atoms with Gasteiger partial charge in [0.25, 0.3) is 5.91 Å². The number of halogens is 1. The molecule has 0 saturated carbocycles. The number of aryl methyl sites for hydroxylation is 1. The summed E-state index contributed by atoms with van der Waals surface area (Å²) in [5.74, 6) is -1.45. The summed E-state index contributed by atoms with van der Waals surface area (Å²) in [6.07, 6.45) is 0.639. The minimum atomic E-state index is -0.975. The summed E-state index contributed by atoms with van der Waals surface area (Å²) in [6.45, 7) is 3.39. The van der Waals surface area contributed by atoms with Crippen LogP contribution in [0.25, 0.3) is 0 Å². The lowest BCUT2D eigenvalue weighted by molar-refractivity contribution is -0.129. The number of carbonyl (C=O) groups is 2. The van der Waals surface area contributed by atoms with E-state index in [0.717, 1.165) is 12.8 Å². The van der Waals surface area contributed by atoms with E-state index in [-0.39, 0.29) is 23.3 Å². The molecular formula is C20H22ClNO4. The molecule has 2 rings (SSSR count). The second kappa shape index (κ2) is 9.25. The number of esters is 1. The van der Waals surface area contributed by atoms with Gasteiger partial charge in [-0.15, -0.1) is 0 Å². The smallest absolute Gasteiger partial charge is 0.342 e. The van der Waals surface area contributed by atoms with Gasteiger partial charge in [0.15, 0.2) is 6.10 Å². The molecule has 0 bridgehead atoms. The van der Waals surface area contributed by atoms with Gasteiger partial charge in [-0.1, -0.05) is 41.9 Å². The zero-order valence-corrected chi connectivity index (χ0v) is 15.5. The Hall–Kier alpha value is -2.53. The second-order valence-corrected chi connectivity index (χ2v) is 6.58.